The van der Waals surface area contributed by atoms with Crippen molar-refractivity contribution in [2.45, 2.75) is 0 Å². The molecule has 36 heavy (non-hydrogen) atoms. The molecule has 0 atom stereocenters. The number of benzene rings is 1. The SMILES string of the molecule is COc1ccc2nc(-c3ccc(-c4ccnc(N(CCOCCOCCI)C(=O)O)c4)cc3)cn2c1. The summed E-state index contributed by atoms with van der Waals surface area (Å²) in [6.45, 7) is 2.02. The summed E-state index contributed by atoms with van der Waals surface area (Å²) in [6.07, 6.45) is 4.38. The number of pyridine rings is 2. The summed E-state index contributed by atoms with van der Waals surface area (Å²) in [5.74, 6) is 1.11. The zero-order chi connectivity index (χ0) is 25.3. The van der Waals surface area contributed by atoms with Crippen molar-refractivity contribution in [3.8, 4) is 28.1 Å². The maximum atomic E-state index is 11.9. The molecule has 4 aromatic rings. The van der Waals surface area contributed by atoms with Crippen molar-refractivity contribution in [2.24, 2.45) is 0 Å². The van der Waals surface area contributed by atoms with Crippen LogP contribution in [0.3, 0.4) is 0 Å². The van der Waals surface area contributed by atoms with Gasteiger partial charge in [-0.15, -0.1) is 0 Å². The molecule has 0 unspecified atom stereocenters. The van der Waals surface area contributed by atoms with E-state index in [9.17, 15) is 9.90 Å². The van der Waals surface area contributed by atoms with Crippen LogP contribution in [0.4, 0.5) is 10.6 Å². The van der Waals surface area contributed by atoms with Gasteiger partial charge in [-0.3, -0.25) is 4.90 Å². The molecular formula is C26H27IN4O5. The summed E-state index contributed by atoms with van der Waals surface area (Å²) in [6, 6.07) is 15.4. The molecule has 0 aliphatic carbocycles. The number of halogens is 1. The molecule has 0 saturated carbocycles. The van der Waals surface area contributed by atoms with Crippen molar-refractivity contribution in [3.05, 3.63) is 67.1 Å². The number of ether oxygens (including phenoxy) is 3. The lowest BCUT2D eigenvalue weighted by Crippen LogP contribution is -2.33. The molecule has 0 aliphatic rings. The van der Waals surface area contributed by atoms with E-state index < -0.39 is 6.09 Å². The Bertz CT molecular complexity index is 1300. The number of aromatic nitrogens is 3. The summed E-state index contributed by atoms with van der Waals surface area (Å²) < 4.78 is 19.0. The number of carboxylic acid groups (broad SMARTS) is 1. The van der Waals surface area contributed by atoms with Crippen LogP contribution >= 0.6 is 22.6 Å². The summed E-state index contributed by atoms with van der Waals surface area (Å²) in [4.78, 5) is 22.0. The van der Waals surface area contributed by atoms with Crippen LogP contribution in [0, 0.1) is 0 Å². The summed E-state index contributed by atoms with van der Waals surface area (Å²) >= 11 is 2.24. The fourth-order valence-corrected chi connectivity index (χ4v) is 3.96. The van der Waals surface area contributed by atoms with Crippen LogP contribution in [0.25, 0.3) is 28.0 Å². The van der Waals surface area contributed by atoms with E-state index in [4.69, 9.17) is 14.2 Å². The van der Waals surface area contributed by atoms with Crippen molar-refractivity contribution >= 4 is 40.1 Å². The lowest BCUT2D eigenvalue weighted by Gasteiger charge is -2.19. The number of amides is 1. The van der Waals surface area contributed by atoms with E-state index in [1.807, 2.05) is 59.3 Å². The third-order valence-corrected chi connectivity index (χ3v) is 5.92. The fraction of sp³-hybridized carbons (Fsp3) is 0.269. The number of fused-ring (bicyclic) bond motifs is 1. The molecule has 3 aromatic heterocycles. The second-order valence-electron chi connectivity index (χ2n) is 7.79. The average Bonchev–Trinajstić information content (AvgIpc) is 3.33. The van der Waals surface area contributed by atoms with Crippen LogP contribution in [0.2, 0.25) is 0 Å². The third-order valence-electron chi connectivity index (χ3n) is 5.48. The van der Waals surface area contributed by atoms with Gasteiger partial charge < -0.3 is 23.7 Å². The first-order valence-electron chi connectivity index (χ1n) is 11.4. The Kier molecular flexibility index (Phi) is 9.09. The number of imidazole rings is 1. The highest BCUT2D eigenvalue weighted by atomic mass is 127. The van der Waals surface area contributed by atoms with E-state index >= 15 is 0 Å². The van der Waals surface area contributed by atoms with E-state index in [0.29, 0.717) is 25.6 Å². The first-order chi connectivity index (χ1) is 17.6. The minimum Gasteiger partial charge on any atom is -0.495 e. The van der Waals surface area contributed by atoms with E-state index in [1.54, 1.807) is 19.4 Å². The molecule has 0 radical (unpaired) electrons. The number of alkyl halides is 1. The minimum absolute atomic E-state index is 0.176. The van der Waals surface area contributed by atoms with E-state index in [1.165, 1.54) is 4.90 Å². The van der Waals surface area contributed by atoms with E-state index in [2.05, 4.69) is 32.6 Å². The van der Waals surface area contributed by atoms with E-state index in [0.717, 1.165) is 38.2 Å². The molecule has 0 aliphatic heterocycles. The predicted molar refractivity (Wildman–Crippen MR) is 146 cm³/mol. The number of hydrogen-bond acceptors (Lipinski definition) is 6. The van der Waals surface area contributed by atoms with Gasteiger partial charge in [0.05, 0.1) is 52.0 Å². The lowest BCUT2D eigenvalue weighted by molar-refractivity contribution is 0.0571. The molecular weight excluding hydrogens is 575 g/mol. The molecule has 3 heterocycles. The second-order valence-corrected chi connectivity index (χ2v) is 8.87. The molecule has 1 N–H and O–H groups in total. The number of anilines is 1. The summed E-state index contributed by atoms with van der Waals surface area (Å²) in [5.41, 5.74) is 4.47. The summed E-state index contributed by atoms with van der Waals surface area (Å²) in [5, 5.41) is 9.70. The second kappa shape index (κ2) is 12.7. The highest BCUT2D eigenvalue weighted by Gasteiger charge is 2.16. The Balaban J connectivity index is 1.44. The van der Waals surface area contributed by atoms with Crippen LogP contribution in [-0.4, -0.2) is 70.1 Å². The first-order valence-corrected chi connectivity index (χ1v) is 12.9. The van der Waals surface area contributed by atoms with Gasteiger partial charge in [-0.25, -0.2) is 14.8 Å². The van der Waals surface area contributed by atoms with Gasteiger partial charge in [0.2, 0.25) is 0 Å². The molecule has 1 amide bonds. The van der Waals surface area contributed by atoms with Crippen molar-refractivity contribution in [3.63, 3.8) is 0 Å². The Hall–Kier alpha value is -3.22. The van der Waals surface area contributed by atoms with Crippen LogP contribution in [0.15, 0.2) is 67.1 Å². The average molecular weight is 602 g/mol. The largest absolute Gasteiger partial charge is 0.495 e. The topological polar surface area (TPSA) is 98.4 Å². The molecule has 0 fully saturated rings. The molecule has 0 spiro atoms. The van der Waals surface area contributed by atoms with Gasteiger partial charge in [0.1, 0.15) is 17.2 Å². The van der Waals surface area contributed by atoms with Gasteiger partial charge in [0.15, 0.2) is 0 Å². The first kappa shape index (κ1) is 25.9. The quantitative estimate of drug-likeness (QED) is 0.138. The third kappa shape index (κ3) is 6.50. The number of hydrogen-bond donors (Lipinski definition) is 1. The molecule has 10 heteroatoms. The van der Waals surface area contributed by atoms with Crippen molar-refractivity contribution < 1.29 is 24.1 Å². The van der Waals surface area contributed by atoms with Gasteiger partial charge in [0.25, 0.3) is 0 Å². The van der Waals surface area contributed by atoms with Crippen molar-refractivity contribution in [2.75, 3.05) is 49.4 Å². The Morgan fingerprint density at radius 1 is 0.972 bits per heavy atom. The number of methoxy groups -OCH3 is 1. The van der Waals surface area contributed by atoms with Crippen LogP contribution in [0.5, 0.6) is 5.75 Å². The zero-order valence-electron chi connectivity index (χ0n) is 19.8. The Labute approximate surface area is 222 Å². The van der Waals surface area contributed by atoms with Crippen molar-refractivity contribution in [1.82, 2.24) is 14.4 Å². The molecule has 188 valence electrons. The standard InChI is InChI=1S/C26H27IN4O5/c1-34-22-6-7-24-29-23(18-30(24)17-22)20-4-2-19(3-5-20)21-8-10-28-25(16-21)31(26(32)33)11-13-36-15-14-35-12-9-27/h2-8,10,16-18H,9,11-15H2,1H3,(H,32,33). The Morgan fingerprint density at radius 2 is 1.72 bits per heavy atom. The maximum absolute atomic E-state index is 11.9. The molecule has 9 nitrogen and oxygen atoms in total. The highest BCUT2D eigenvalue weighted by Crippen LogP contribution is 2.27. The van der Waals surface area contributed by atoms with Gasteiger partial charge in [0, 0.05) is 22.4 Å². The number of rotatable bonds is 12. The van der Waals surface area contributed by atoms with E-state index in [-0.39, 0.29) is 13.2 Å². The normalized spacial score (nSPS) is 11.1. The lowest BCUT2D eigenvalue weighted by atomic mass is 10.0. The molecule has 0 saturated heterocycles. The van der Waals surface area contributed by atoms with Crippen LogP contribution in [-0.2, 0) is 9.47 Å². The highest BCUT2D eigenvalue weighted by molar-refractivity contribution is 14.1. The van der Waals surface area contributed by atoms with Crippen LogP contribution < -0.4 is 9.64 Å². The van der Waals surface area contributed by atoms with Gasteiger partial charge >= 0.3 is 6.09 Å². The number of nitrogens with zero attached hydrogens (tertiary/aromatic N) is 4. The van der Waals surface area contributed by atoms with Gasteiger partial charge in [-0.05, 0) is 35.4 Å². The van der Waals surface area contributed by atoms with Crippen LogP contribution in [0.1, 0.15) is 0 Å². The Morgan fingerprint density at radius 3 is 2.44 bits per heavy atom. The summed E-state index contributed by atoms with van der Waals surface area (Å²) in [7, 11) is 1.64. The predicted octanol–water partition coefficient (Wildman–Crippen LogP) is 5.02. The maximum Gasteiger partial charge on any atom is 0.413 e. The zero-order valence-corrected chi connectivity index (χ0v) is 22.0. The van der Waals surface area contributed by atoms with Gasteiger partial charge in [-0.1, -0.05) is 46.9 Å². The fourth-order valence-electron chi connectivity index (χ4n) is 3.65. The number of carbonyl (C=O) groups is 1. The molecule has 1 aromatic carbocycles. The molecule has 4 rings (SSSR count). The minimum atomic E-state index is -1.08. The monoisotopic (exact) mass is 602 g/mol. The van der Waals surface area contributed by atoms with Gasteiger partial charge in [-0.2, -0.15) is 0 Å². The smallest absolute Gasteiger partial charge is 0.413 e. The van der Waals surface area contributed by atoms with Crippen molar-refractivity contribution in [1.29, 1.82) is 0 Å². The molecule has 0 bridgehead atoms.